The third-order valence-electron chi connectivity index (χ3n) is 3.02. The Kier molecular flexibility index (Phi) is 6.22. The van der Waals surface area contributed by atoms with E-state index in [4.69, 9.17) is 4.74 Å². The molecule has 1 fully saturated rings. The van der Waals surface area contributed by atoms with Gasteiger partial charge in [-0.3, -0.25) is 0 Å². The van der Waals surface area contributed by atoms with Crippen molar-refractivity contribution in [3.8, 4) is 0 Å². The van der Waals surface area contributed by atoms with Crippen LogP contribution in [0.4, 0.5) is 0 Å². The number of likely N-dealkylation sites (tertiary alicyclic amines) is 1. The molecule has 0 spiro atoms. The number of ether oxygens (including phenoxy) is 1. The molecule has 0 N–H and O–H groups in total. The number of likely N-dealkylation sites (N-methyl/N-ethyl adjacent to an activating group) is 1. The number of esters is 1. The van der Waals surface area contributed by atoms with Gasteiger partial charge < -0.3 is 14.5 Å². The van der Waals surface area contributed by atoms with Crippen LogP contribution in [0, 0.1) is 0 Å². The van der Waals surface area contributed by atoms with Gasteiger partial charge in [0.1, 0.15) is 0 Å². The molecule has 0 amide bonds. The second-order valence-electron chi connectivity index (χ2n) is 4.61. The summed E-state index contributed by atoms with van der Waals surface area (Å²) >= 11 is 0. The van der Waals surface area contributed by atoms with Crippen molar-refractivity contribution in [2.45, 2.75) is 19.8 Å². The van der Waals surface area contributed by atoms with Crippen LogP contribution in [0.25, 0.3) is 0 Å². The van der Waals surface area contributed by atoms with Crippen LogP contribution < -0.4 is 0 Å². The molecule has 4 heteroatoms. The Morgan fingerprint density at radius 2 is 2.06 bits per heavy atom. The largest absolute Gasteiger partial charge is 0.463 e. The molecule has 0 atom stereocenters. The van der Waals surface area contributed by atoms with E-state index in [1.54, 1.807) is 0 Å². The number of rotatable bonds is 7. The lowest BCUT2D eigenvalue weighted by Gasteiger charge is -2.21. The lowest BCUT2D eigenvalue weighted by atomic mass is 10.3. The van der Waals surface area contributed by atoms with Crippen LogP contribution in [0.5, 0.6) is 0 Å². The van der Waals surface area contributed by atoms with E-state index in [1.165, 1.54) is 25.9 Å². The third kappa shape index (κ3) is 5.33. The van der Waals surface area contributed by atoms with E-state index in [1.807, 2.05) is 14.0 Å². The van der Waals surface area contributed by atoms with Crippen LogP contribution in [0.2, 0.25) is 0 Å². The van der Waals surface area contributed by atoms with Crippen LogP contribution in [0.3, 0.4) is 0 Å². The van der Waals surface area contributed by atoms with Gasteiger partial charge in [0.2, 0.25) is 0 Å². The van der Waals surface area contributed by atoms with Crippen LogP contribution in [-0.2, 0) is 9.53 Å². The fourth-order valence-corrected chi connectivity index (χ4v) is 2.02. The Morgan fingerprint density at radius 1 is 1.41 bits per heavy atom. The van der Waals surface area contributed by atoms with Crippen molar-refractivity contribution in [1.82, 2.24) is 9.80 Å². The molecular formula is C13H24N2O2. The molecule has 98 valence electrons. The van der Waals surface area contributed by atoms with Crippen LogP contribution in [0.15, 0.2) is 12.2 Å². The summed E-state index contributed by atoms with van der Waals surface area (Å²) in [5.41, 5.74) is 0.538. The van der Waals surface area contributed by atoms with Gasteiger partial charge in [0, 0.05) is 25.2 Å². The van der Waals surface area contributed by atoms with E-state index in [0.717, 1.165) is 13.1 Å². The number of hydrogen-bond donors (Lipinski definition) is 0. The van der Waals surface area contributed by atoms with Crippen molar-refractivity contribution < 1.29 is 9.53 Å². The fourth-order valence-electron chi connectivity index (χ4n) is 2.02. The summed E-state index contributed by atoms with van der Waals surface area (Å²) in [6.07, 6.45) is 2.64. The predicted molar refractivity (Wildman–Crippen MR) is 68.9 cm³/mol. The first-order valence-corrected chi connectivity index (χ1v) is 6.39. The number of nitrogens with zero attached hydrogens (tertiary/aromatic N) is 2. The highest BCUT2D eigenvalue weighted by Gasteiger charge is 2.14. The quantitative estimate of drug-likeness (QED) is 0.493. The molecule has 0 radical (unpaired) electrons. The van der Waals surface area contributed by atoms with Crippen molar-refractivity contribution in [3.63, 3.8) is 0 Å². The van der Waals surface area contributed by atoms with E-state index >= 15 is 0 Å². The zero-order chi connectivity index (χ0) is 12.7. The average Bonchev–Trinajstić information content (AvgIpc) is 2.79. The predicted octanol–water partition coefficient (Wildman–Crippen LogP) is 1.13. The van der Waals surface area contributed by atoms with Gasteiger partial charge in [-0.2, -0.15) is 0 Å². The Balaban J connectivity index is 2.16. The molecule has 0 aromatic heterocycles. The van der Waals surface area contributed by atoms with Gasteiger partial charge >= 0.3 is 5.97 Å². The topological polar surface area (TPSA) is 32.8 Å². The zero-order valence-corrected chi connectivity index (χ0v) is 11.1. The molecule has 0 unspecified atom stereocenters. The fraction of sp³-hybridized carbons (Fsp3) is 0.769. The van der Waals surface area contributed by atoms with Crippen molar-refractivity contribution in [2.24, 2.45) is 0 Å². The lowest BCUT2D eigenvalue weighted by molar-refractivity contribution is -0.138. The van der Waals surface area contributed by atoms with Gasteiger partial charge in [-0.15, -0.1) is 0 Å². The van der Waals surface area contributed by atoms with Crippen LogP contribution in [-0.4, -0.2) is 62.1 Å². The molecule has 1 rings (SSSR count). The van der Waals surface area contributed by atoms with Crippen molar-refractivity contribution in [2.75, 3.05) is 46.4 Å². The highest BCUT2D eigenvalue weighted by atomic mass is 16.5. The third-order valence-corrected chi connectivity index (χ3v) is 3.02. The summed E-state index contributed by atoms with van der Waals surface area (Å²) in [5, 5.41) is 0. The molecule has 0 saturated carbocycles. The molecule has 0 aliphatic carbocycles. The summed E-state index contributed by atoms with van der Waals surface area (Å²) in [6, 6.07) is 0. The molecule has 4 nitrogen and oxygen atoms in total. The van der Waals surface area contributed by atoms with E-state index in [-0.39, 0.29) is 5.97 Å². The lowest BCUT2D eigenvalue weighted by Crippen LogP contribution is -2.33. The summed E-state index contributed by atoms with van der Waals surface area (Å²) in [4.78, 5) is 16.0. The normalized spacial score (nSPS) is 16.4. The molecule has 1 aliphatic heterocycles. The zero-order valence-electron chi connectivity index (χ0n) is 11.1. The summed E-state index contributed by atoms with van der Waals surface area (Å²) in [6.45, 7) is 11.0. The highest BCUT2D eigenvalue weighted by Crippen LogP contribution is 2.06. The minimum atomic E-state index is -0.277. The second kappa shape index (κ2) is 7.45. The maximum atomic E-state index is 11.4. The van der Waals surface area contributed by atoms with Crippen molar-refractivity contribution in [3.05, 3.63) is 12.2 Å². The van der Waals surface area contributed by atoms with Gasteiger partial charge in [0.15, 0.2) is 0 Å². The Bertz CT molecular complexity index is 260. The average molecular weight is 240 g/mol. The first-order valence-electron chi connectivity index (χ1n) is 6.39. The van der Waals surface area contributed by atoms with Crippen LogP contribution >= 0.6 is 0 Å². The van der Waals surface area contributed by atoms with E-state index < -0.39 is 0 Å². The molecule has 1 saturated heterocycles. The minimum absolute atomic E-state index is 0.277. The molecule has 1 heterocycles. The highest BCUT2D eigenvalue weighted by molar-refractivity contribution is 5.88. The SMILES string of the molecule is C=C(CN(C)CCN1CCCC1)C(=O)OCC. The van der Waals surface area contributed by atoms with Crippen LogP contribution in [0.1, 0.15) is 19.8 Å². The first-order chi connectivity index (χ1) is 8.13. The molecule has 0 bridgehead atoms. The van der Waals surface area contributed by atoms with E-state index in [9.17, 15) is 4.79 Å². The Labute approximate surface area is 104 Å². The molecule has 0 aromatic carbocycles. The summed E-state index contributed by atoms with van der Waals surface area (Å²) in [7, 11) is 2.01. The van der Waals surface area contributed by atoms with Gasteiger partial charge in [-0.1, -0.05) is 6.58 Å². The molecular weight excluding hydrogens is 216 g/mol. The maximum Gasteiger partial charge on any atom is 0.334 e. The van der Waals surface area contributed by atoms with Gasteiger partial charge in [0.25, 0.3) is 0 Å². The van der Waals surface area contributed by atoms with Gasteiger partial charge in [-0.05, 0) is 39.9 Å². The molecule has 0 aromatic rings. The maximum absolute atomic E-state index is 11.4. The summed E-state index contributed by atoms with van der Waals surface area (Å²) in [5.74, 6) is -0.277. The number of hydrogen-bond acceptors (Lipinski definition) is 4. The molecule has 1 aliphatic rings. The van der Waals surface area contributed by atoms with Gasteiger partial charge in [0.05, 0.1) is 6.61 Å². The second-order valence-corrected chi connectivity index (χ2v) is 4.61. The first kappa shape index (κ1) is 14.2. The van der Waals surface area contributed by atoms with E-state index in [0.29, 0.717) is 18.7 Å². The number of carbonyl (C=O) groups is 1. The standard InChI is InChI=1S/C13H24N2O2/c1-4-17-13(16)12(2)11-14(3)9-10-15-7-5-6-8-15/h2,4-11H2,1,3H3. The van der Waals surface area contributed by atoms with Gasteiger partial charge in [-0.25, -0.2) is 4.79 Å². The molecule has 17 heavy (non-hydrogen) atoms. The van der Waals surface area contributed by atoms with E-state index in [2.05, 4.69) is 16.4 Å². The summed E-state index contributed by atoms with van der Waals surface area (Å²) < 4.78 is 4.91. The Hall–Kier alpha value is -0.870. The minimum Gasteiger partial charge on any atom is -0.463 e. The number of carbonyl (C=O) groups excluding carboxylic acids is 1. The monoisotopic (exact) mass is 240 g/mol. The van der Waals surface area contributed by atoms with Crippen molar-refractivity contribution in [1.29, 1.82) is 0 Å². The Morgan fingerprint density at radius 3 is 2.65 bits per heavy atom. The van der Waals surface area contributed by atoms with Crippen molar-refractivity contribution >= 4 is 5.97 Å². The smallest absolute Gasteiger partial charge is 0.334 e.